The first-order valence-electron chi connectivity index (χ1n) is 6.01. The predicted molar refractivity (Wildman–Crippen MR) is 52.3 cm³/mol. The van der Waals surface area contributed by atoms with Gasteiger partial charge in [0, 0.05) is 5.92 Å². The quantitative estimate of drug-likeness (QED) is 0.670. The topological polar surface area (TPSA) is 63.6 Å². The molecule has 16 heavy (non-hydrogen) atoms. The lowest BCUT2D eigenvalue weighted by atomic mass is 9.75. The summed E-state index contributed by atoms with van der Waals surface area (Å²) in [7, 11) is 0. The molecule has 0 aromatic carbocycles. The molecule has 0 radical (unpaired) electrons. The summed E-state index contributed by atoms with van der Waals surface area (Å²) in [5, 5.41) is 9.34. The average Bonchev–Trinajstić information content (AvgIpc) is 2.80. The van der Waals surface area contributed by atoms with E-state index in [1.165, 1.54) is 0 Å². The van der Waals surface area contributed by atoms with Crippen molar-refractivity contribution in [2.75, 3.05) is 0 Å². The molecule has 0 aromatic heterocycles. The van der Waals surface area contributed by atoms with E-state index in [1.807, 2.05) is 0 Å². The molecule has 1 heterocycles. The van der Waals surface area contributed by atoms with Gasteiger partial charge in [0.2, 0.25) is 0 Å². The van der Waals surface area contributed by atoms with Crippen LogP contribution in [0, 0.1) is 35.0 Å². The van der Waals surface area contributed by atoms with Gasteiger partial charge in [0.15, 0.2) is 0 Å². The zero-order valence-corrected chi connectivity index (χ0v) is 9.05. The Bertz CT molecular complexity index is 411. The predicted octanol–water partition coefficient (Wildman–Crippen LogP) is 0.905. The van der Waals surface area contributed by atoms with E-state index in [1.54, 1.807) is 0 Å². The zero-order chi connectivity index (χ0) is 11.2. The monoisotopic (exact) mass is 222 g/mol. The molecular formula is C12H14O4. The molecule has 6 atom stereocenters. The number of hydrogen-bond acceptors (Lipinski definition) is 3. The van der Waals surface area contributed by atoms with E-state index < -0.39 is 11.9 Å². The minimum absolute atomic E-state index is 0.0144. The van der Waals surface area contributed by atoms with Crippen LogP contribution in [0.15, 0.2) is 0 Å². The summed E-state index contributed by atoms with van der Waals surface area (Å²) >= 11 is 0. The van der Waals surface area contributed by atoms with Crippen LogP contribution in [0.5, 0.6) is 0 Å². The second-order valence-corrected chi connectivity index (χ2v) is 5.94. The van der Waals surface area contributed by atoms with Gasteiger partial charge in [-0.2, -0.15) is 0 Å². The van der Waals surface area contributed by atoms with Crippen molar-refractivity contribution >= 4 is 11.9 Å². The highest BCUT2D eigenvalue weighted by Gasteiger charge is 2.80. The van der Waals surface area contributed by atoms with E-state index in [-0.39, 0.29) is 41.2 Å². The second-order valence-electron chi connectivity index (χ2n) is 5.94. The van der Waals surface area contributed by atoms with Gasteiger partial charge >= 0.3 is 11.9 Å². The maximum Gasteiger partial charge on any atom is 0.310 e. The van der Waals surface area contributed by atoms with Gasteiger partial charge in [0.25, 0.3) is 0 Å². The van der Waals surface area contributed by atoms with Gasteiger partial charge in [-0.15, -0.1) is 0 Å². The smallest absolute Gasteiger partial charge is 0.310 e. The lowest BCUT2D eigenvalue weighted by molar-refractivity contribution is -0.151. The van der Waals surface area contributed by atoms with E-state index >= 15 is 0 Å². The van der Waals surface area contributed by atoms with Gasteiger partial charge in [-0.25, -0.2) is 0 Å². The van der Waals surface area contributed by atoms with Crippen LogP contribution in [-0.4, -0.2) is 23.1 Å². The number of carboxylic acids is 1. The van der Waals surface area contributed by atoms with Gasteiger partial charge in [-0.1, -0.05) is 6.92 Å². The first kappa shape index (κ1) is 9.02. The Kier molecular flexibility index (Phi) is 1.29. The summed E-state index contributed by atoms with van der Waals surface area (Å²) in [6, 6.07) is 0. The van der Waals surface area contributed by atoms with E-state index in [2.05, 4.69) is 6.92 Å². The van der Waals surface area contributed by atoms with E-state index in [0.717, 1.165) is 12.8 Å². The Labute approximate surface area is 93.0 Å². The molecule has 0 amide bonds. The number of carbonyl (C=O) groups excluding carboxylic acids is 1. The molecule has 0 aromatic rings. The van der Waals surface area contributed by atoms with Crippen molar-refractivity contribution in [2.24, 2.45) is 35.0 Å². The summed E-state index contributed by atoms with van der Waals surface area (Å²) in [6.45, 7) is 2.06. The van der Waals surface area contributed by atoms with Gasteiger partial charge in [-0.05, 0) is 30.1 Å². The van der Waals surface area contributed by atoms with Crippen LogP contribution in [0.4, 0.5) is 0 Å². The van der Waals surface area contributed by atoms with Gasteiger partial charge in [-0.3, -0.25) is 9.59 Å². The molecule has 2 bridgehead atoms. The molecule has 4 rings (SSSR count). The van der Waals surface area contributed by atoms with Gasteiger partial charge in [0.1, 0.15) is 6.10 Å². The molecule has 1 saturated heterocycles. The van der Waals surface area contributed by atoms with Crippen LogP contribution in [0.25, 0.3) is 0 Å². The number of aliphatic carboxylic acids is 1. The summed E-state index contributed by atoms with van der Waals surface area (Å²) < 4.78 is 5.41. The minimum Gasteiger partial charge on any atom is -0.481 e. The van der Waals surface area contributed by atoms with Crippen LogP contribution in [0.3, 0.4) is 0 Å². The average molecular weight is 222 g/mol. The fourth-order valence-corrected chi connectivity index (χ4v) is 5.10. The molecule has 1 aliphatic heterocycles. The summed E-state index contributed by atoms with van der Waals surface area (Å²) in [6.07, 6.45) is 2.21. The molecule has 4 nitrogen and oxygen atoms in total. The lowest BCUT2D eigenvalue weighted by Gasteiger charge is -2.26. The van der Waals surface area contributed by atoms with Gasteiger partial charge < -0.3 is 9.84 Å². The van der Waals surface area contributed by atoms with Crippen molar-refractivity contribution in [1.29, 1.82) is 0 Å². The lowest BCUT2D eigenvalue weighted by Crippen LogP contribution is -2.36. The molecule has 3 aliphatic carbocycles. The van der Waals surface area contributed by atoms with Crippen LogP contribution >= 0.6 is 0 Å². The molecule has 4 aliphatic rings. The SMILES string of the molecule is CC1C2OC(=O)C3C(C(=O)O)C1C1(CC1)C23. The number of esters is 1. The molecule has 6 unspecified atom stereocenters. The Morgan fingerprint density at radius 3 is 2.69 bits per heavy atom. The Morgan fingerprint density at radius 1 is 1.44 bits per heavy atom. The van der Waals surface area contributed by atoms with Crippen molar-refractivity contribution in [1.82, 2.24) is 0 Å². The second kappa shape index (κ2) is 2.29. The summed E-state index contributed by atoms with van der Waals surface area (Å²) in [4.78, 5) is 23.2. The fourth-order valence-electron chi connectivity index (χ4n) is 5.10. The Balaban J connectivity index is 1.89. The van der Waals surface area contributed by atoms with Crippen molar-refractivity contribution in [2.45, 2.75) is 25.9 Å². The van der Waals surface area contributed by atoms with E-state index in [4.69, 9.17) is 4.74 Å². The molecule has 1 N–H and O–H groups in total. The third kappa shape index (κ3) is 0.684. The molecule has 3 saturated carbocycles. The van der Waals surface area contributed by atoms with Crippen LogP contribution < -0.4 is 0 Å². The van der Waals surface area contributed by atoms with Crippen molar-refractivity contribution < 1.29 is 19.4 Å². The fraction of sp³-hybridized carbons (Fsp3) is 0.833. The summed E-state index contributed by atoms with van der Waals surface area (Å²) in [5.74, 6) is -1.25. The largest absolute Gasteiger partial charge is 0.481 e. The standard InChI is InChI=1S/C12H14O4/c1-4-7-5(10(13)14)6-8(12(7)2-3-12)9(4)16-11(6)15/h4-9H,2-3H2,1H3,(H,13,14). The third-order valence-electron chi connectivity index (χ3n) is 5.56. The van der Waals surface area contributed by atoms with Crippen molar-refractivity contribution in [3.63, 3.8) is 0 Å². The maximum absolute atomic E-state index is 11.8. The van der Waals surface area contributed by atoms with Crippen LogP contribution in [0.2, 0.25) is 0 Å². The normalized spacial score (nSPS) is 54.4. The van der Waals surface area contributed by atoms with Crippen molar-refractivity contribution in [3.8, 4) is 0 Å². The minimum atomic E-state index is -0.798. The van der Waals surface area contributed by atoms with Crippen molar-refractivity contribution in [3.05, 3.63) is 0 Å². The third-order valence-corrected chi connectivity index (χ3v) is 5.56. The first-order chi connectivity index (χ1) is 7.58. The highest BCUT2D eigenvalue weighted by molar-refractivity contribution is 5.86. The molecule has 4 fully saturated rings. The highest BCUT2D eigenvalue weighted by atomic mass is 16.6. The van der Waals surface area contributed by atoms with Crippen LogP contribution in [-0.2, 0) is 14.3 Å². The Morgan fingerprint density at radius 2 is 2.12 bits per heavy atom. The highest BCUT2D eigenvalue weighted by Crippen LogP contribution is 2.78. The Hall–Kier alpha value is -1.06. The zero-order valence-electron chi connectivity index (χ0n) is 9.05. The number of rotatable bonds is 1. The number of hydrogen-bond donors (Lipinski definition) is 1. The van der Waals surface area contributed by atoms with Gasteiger partial charge in [0.05, 0.1) is 11.8 Å². The molecule has 1 spiro atoms. The molecule has 86 valence electrons. The summed E-state index contributed by atoms with van der Waals surface area (Å²) in [5.41, 5.74) is 0.157. The van der Waals surface area contributed by atoms with Crippen LogP contribution in [0.1, 0.15) is 19.8 Å². The number of carbonyl (C=O) groups is 2. The van der Waals surface area contributed by atoms with E-state index in [9.17, 15) is 14.7 Å². The maximum atomic E-state index is 11.8. The first-order valence-corrected chi connectivity index (χ1v) is 6.01. The number of carboxylic acid groups (broad SMARTS) is 1. The molecule has 4 heteroatoms. The van der Waals surface area contributed by atoms with E-state index in [0.29, 0.717) is 0 Å². The molecular weight excluding hydrogens is 208 g/mol. The number of ether oxygens (including phenoxy) is 1.